The van der Waals surface area contributed by atoms with Gasteiger partial charge in [-0.25, -0.2) is 4.79 Å². The summed E-state index contributed by atoms with van der Waals surface area (Å²) in [5.74, 6) is -0.884. The highest BCUT2D eigenvalue weighted by Crippen LogP contribution is 2.14. The van der Waals surface area contributed by atoms with Crippen molar-refractivity contribution in [2.45, 2.75) is 0 Å². The minimum atomic E-state index is -1.03. The maximum absolute atomic E-state index is 10.2. The molecule has 0 atom stereocenters. The van der Waals surface area contributed by atoms with Crippen LogP contribution in [0.4, 0.5) is 0 Å². The fraction of sp³-hybridized carbons (Fsp3) is 0. The van der Waals surface area contributed by atoms with E-state index in [1.165, 1.54) is 42.5 Å². The van der Waals surface area contributed by atoms with Crippen molar-refractivity contribution >= 4 is 5.97 Å². The van der Waals surface area contributed by atoms with E-state index >= 15 is 0 Å². The zero-order chi connectivity index (χ0) is 13.5. The highest BCUT2D eigenvalue weighted by molar-refractivity contribution is 5.87. The van der Waals surface area contributed by atoms with Crippen molar-refractivity contribution in [1.82, 2.24) is 0 Å². The topological polar surface area (TPSA) is 98.0 Å². The standard InChI is InChI=1S/C7H6O3.C6H6O2/c8-6-3-1-2-5(4-6)7(9)10;7-5-2-1-3-6(8)4-5/h1-4,8H,(H,9,10);1-4,7-8H. The molecule has 18 heavy (non-hydrogen) atoms. The quantitative estimate of drug-likeness (QED) is 0.620. The first-order valence-electron chi connectivity index (χ1n) is 4.99. The van der Waals surface area contributed by atoms with E-state index in [0.29, 0.717) is 0 Å². The van der Waals surface area contributed by atoms with E-state index in [-0.39, 0.29) is 22.8 Å². The largest absolute Gasteiger partial charge is 0.508 e. The SMILES string of the molecule is O=C(O)c1cccc(O)c1.Oc1cccc(O)c1. The van der Waals surface area contributed by atoms with Gasteiger partial charge in [0.1, 0.15) is 17.2 Å². The smallest absolute Gasteiger partial charge is 0.335 e. The number of carboxylic acids is 1. The van der Waals surface area contributed by atoms with Crippen LogP contribution in [0.15, 0.2) is 48.5 Å². The molecule has 2 aromatic rings. The highest BCUT2D eigenvalue weighted by atomic mass is 16.4. The molecule has 0 unspecified atom stereocenters. The fourth-order valence-corrected chi connectivity index (χ4v) is 1.13. The van der Waals surface area contributed by atoms with Crippen LogP contribution in [0.1, 0.15) is 10.4 Å². The summed E-state index contributed by atoms with van der Waals surface area (Å²) in [6.45, 7) is 0. The zero-order valence-electron chi connectivity index (χ0n) is 9.32. The minimum Gasteiger partial charge on any atom is -0.508 e. The van der Waals surface area contributed by atoms with E-state index in [1.807, 2.05) is 0 Å². The summed E-state index contributed by atoms with van der Waals surface area (Å²) >= 11 is 0. The molecule has 0 bridgehead atoms. The van der Waals surface area contributed by atoms with Crippen molar-refractivity contribution in [2.75, 3.05) is 0 Å². The number of phenolic OH excluding ortho intramolecular Hbond substituents is 3. The van der Waals surface area contributed by atoms with Crippen molar-refractivity contribution in [1.29, 1.82) is 0 Å². The first-order chi connectivity index (χ1) is 8.49. The van der Waals surface area contributed by atoms with Gasteiger partial charge in [-0.05, 0) is 30.3 Å². The van der Waals surface area contributed by atoms with Gasteiger partial charge in [-0.3, -0.25) is 0 Å². The van der Waals surface area contributed by atoms with Gasteiger partial charge in [-0.2, -0.15) is 0 Å². The number of aromatic hydroxyl groups is 3. The number of aromatic carboxylic acids is 1. The second-order valence-corrected chi connectivity index (χ2v) is 3.38. The third-order valence-corrected chi connectivity index (χ3v) is 1.92. The summed E-state index contributed by atoms with van der Waals surface area (Å²) < 4.78 is 0. The van der Waals surface area contributed by atoms with Crippen molar-refractivity contribution < 1.29 is 25.2 Å². The molecule has 0 saturated carbocycles. The third kappa shape index (κ3) is 4.44. The number of rotatable bonds is 1. The molecule has 0 aromatic heterocycles. The van der Waals surface area contributed by atoms with Crippen LogP contribution in [0.5, 0.6) is 17.2 Å². The van der Waals surface area contributed by atoms with E-state index < -0.39 is 5.97 Å². The van der Waals surface area contributed by atoms with Crippen molar-refractivity contribution in [2.24, 2.45) is 0 Å². The molecule has 0 heterocycles. The van der Waals surface area contributed by atoms with Gasteiger partial charge in [0.2, 0.25) is 0 Å². The lowest BCUT2D eigenvalue weighted by molar-refractivity contribution is 0.0696. The normalized spacial score (nSPS) is 9.11. The second-order valence-electron chi connectivity index (χ2n) is 3.38. The molecule has 0 aliphatic heterocycles. The minimum absolute atomic E-state index is 0.0279. The Bertz CT molecular complexity index is 519. The van der Waals surface area contributed by atoms with Crippen LogP contribution in [0.3, 0.4) is 0 Å². The number of phenols is 3. The second kappa shape index (κ2) is 6.15. The monoisotopic (exact) mass is 248 g/mol. The van der Waals surface area contributed by atoms with Gasteiger partial charge in [0.25, 0.3) is 0 Å². The summed E-state index contributed by atoms with van der Waals surface area (Å²) in [7, 11) is 0. The maximum atomic E-state index is 10.2. The zero-order valence-corrected chi connectivity index (χ0v) is 9.32. The van der Waals surface area contributed by atoms with Gasteiger partial charge in [0, 0.05) is 6.07 Å². The van der Waals surface area contributed by atoms with Crippen molar-refractivity contribution in [3.8, 4) is 17.2 Å². The van der Waals surface area contributed by atoms with Gasteiger partial charge < -0.3 is 20.4 Å². The lowest BCUT2D eigenvalue weighted by Crippen LogP contribution is -1.94. The molecule has 4 N–H and O–H groups in total. The number of benzene rings is 2. The third-order valence-electron chi connectivity index (χ3n) is 1.92. The van der Waals surface area contributed by atoms with Crippen LogP contribution >= 0.6 is 0 Å². The molecular weight excluding hydrogens is 236 g/mol. The van der Waals surface area contributed by atoms with Crippen LogP contribution in [-0.2, 0) is 0 Å². The number of hydrogen-bond donors (Lipinski definition) is 4. The van der Waals surface area contributed by atoms with Crippen LogP contribution in [0.2, 0.25) is 0 Å². The Labute approximate surface area is 103 Å². The lowest BCUT2D eigenvalue weighted by atomic mass is 10.2. The molecular formula is C13H12O5. The first kappa shape index (κ1) is 13.4. The summed E-state index contributed by atoms with van der Waals surface area (Å²) in [5.41, 5.74) is 0.0972. The van der Waals surface area contributed by atoms with Crippen molar-refractivity contribution in [3.63, 3.8) is 0 Å². The predicted octanol–water partition coefficient (Wildman–Crippen LogP) is 2.19. The summed E-state index contributed by atoms with van der Waals surface area (Å²) in [4.78, 5) is 10.2. The van der Waals surface area contributed by atoms with Crippen LogP contribution < -0.4 is 0 Å². The maximum Gasteiger partial charge on any atom is 0.335 e. The molecule has 5 nitrogen and oxygen atoms in total. The molecule has 0 aliphatic rings. The molecule has 0 spiro atoms. The van der Waals surface area contributed by atoms with Crippen LogP contribution in [0, 0.1) is 0 Å². The molecule has 94 valence electrons. The van der Waals surface area contributed by atoms with Crippen molar-refractivity contribution in [3.05, 3.63) is 54.1 Å². The van der Waals surface area contributed by atoms with Gasteiger partial charge in [-0.15, -0.1) is 0 Å². The average Bonchev–Trinajstić information content (AvgIpc) is 2.29. The Morgan fingerprint density at radius 1 is 0.778 bits per heavy atom. The summed E-state index contributed by atoms with van der Waals surface area (Å²) in [6, 6.07) is 11.4. The molecule has 0 fully saturated rings. The molecule has 0 saturated heterocycles. The van der Waals surface area contributed by atoms with E-state index in [2.05, 4.69) is 0 Å². The van der Waals surface area contributed by atoms with Crippen LogP contribution in [-0.4, -0.2) is 26.4 Å². The van der Waals surface area contributed by atoms with E-state index in [4.69, 9.17) is 20.4 Å². The number of carboxylic acid groups (broad SMARTS) is 1. The molecule has 2 aromatic carbocycles. The summed E-state index contributed by atoms with van der Waals surface area (Å²) in [6.07, 6.45) is 0. The highest BCUT2D eigenvalue weighted by Gasteiger charge is 2.00. The Hall–Kier alpha value is -2.69. The van der Waals surface area contributed by atoms with Gasteiger partial charge >= 0.3 is 5.97 Å². The molecule has 0 radical (unpaired) electrons. The molecule has 5 heteroatoms. The molecule has 0 aliphatic carbocycles. The molecule has 2 rings (SSSR count). The van der Waals surface area contributed by atoms with Gasteiger partial charge in [0.05, 0.1) is 5.56 Å². The summed E-state index contributed by atoms with van der Waals surface area (Å²) in [5, 5.41) is 34.5. The Morgan fingerprint density at radius 2 is 1.22 bits per heavy atom. The van der Waals surface area contributed by atoms with Gasteiger partial charge in [-0.1, -0.05) is 12.1 Å². The van der Waals surface area contributed by atoms with Gasteiger partial charge in [0.15, 0.2) is 0 Å². The number of hydrogen-bond acceptors (Lipinski definition) is 4. The predicted molar refractivity (Wildman–Crippen MR) is 64.8 cm³/mol. The van der Waals surface area contributed by atoms with E-state index in [0.717, 1.165) is 0 Å². The Kier molecular flexibility index (Phi) is 4.57. The van der Waals surface area contributed by atoms with E-state index in [9.17, 15) is 4.79 Å². The van der Waals surface area contributed by atoms with E-state index in [1.54, 1.807) is 6.07 Å². The Balaban J connectivity index is 0.000000184. The first-order valence-corrected chi connectivity index (χ1v) is 4.99. The lowest BCUT2D eigenvalue weighted by Gasteiger charge is -1.92. The molecule has 0 amide bonds. The fourth-order valence-electron chi connectivity index (χ4n) is 1.13. The average molecular weight is 248 g/mol. The Morgan fingerprint density at radius 3 is 1.50 bits per heavy atom. The van der Waals surface area contributed by atoms with Crippen LogP contribution in [0.25, 0.3) is 0 Å². The number of carbonyl (C=O) groups is 1.